The molecular weight excluding hydrogens is 394 g/mol. The average molecular weight is 422 g/mol. The highest BCUT2D eigenvalue weighted by Gasteiger charge is 2.27. The largest absolute Gasteiger partial charge is 0.444 e. The van der Waals surface area contributed by atoms with Crippen LogP contribution >= 0.6 is 11.6 Å². The molecule has 0 aliphatic carbocycles. The van der Waals surface area contributed by atoms with Gasteiger partial charge in [0.25, 0.3) is 5.56 Å². The molecular formula is C20H28ClN5O3. The molecule has 9 heteroatoms. The average Bonchev–Trinajstić information content (AvgIpc) is 2.62. The molecule has 0 aromatic carbocycles. The molecule has 1 aliphatic rings. The standard InChI is InChI=1S/C20H28ClN5O3/c1-12(2)26-16-13(10-15(21)17(26)27)11-22-18(24-16)23-14-6-8-25(9-7-14)19(28)29-20(3,4)5/h10-12,14H,6-9H2,1-5H3,(H,22,23,24). The molecule has 2 aromatic rings. The molecule has 8 nitrogen and oxygen atoms in total. The van der Waals surface area contributed by atoms with E-state index >= 15 is 0 Å². The molecule has 158 valence electrons. The van der Waals surface area contributed by atoms with Gasteiger partial charge in [-0.15, -0.1) is 0 Å². The molecule has 0 radical (unpaired) electrons. The number of ether oxygens (including phenoxy) is 1. The van der Waals surface area contributed by atoms with E-state index in [1.165, 1.54) is 0 Å². The number of pyridine rings is 1. The van der Waals surface area contributed by atoms with Crippen LogP contribution in [0, 0.1) is 0 Å². The fourth-order valence-electron chi connectivity index (χ4n) is 3.35. The lowest BCUT2D eigenvalue weighted by Gasteiger charge is -2.33. The van der Waals surface area contributed by atoms with E-state index < -0.39 is 5.60 Å². The van der Waals surface area contributed by atoms with Crippen LogP contribution in [0.15, 0.2) is 17.1 Å². The lowest BCUT2D eigenvalue weighted by Crippen LogP contribution is -2.44. The normalized spacial score (nSPS) is 15.8. The summed E-state index contributed by atoms with van der Waals surface area (Å²) in [7, 11) is 0. The second kappa shape index (κ2) is 8.18. The van der Waals surface area contributed by atoms with Crippen molar-refractivity contribution in [2.75, 3.05) is 18.4 Å². The van der Waals surface area contributed by atoms with Crippen molar-refractivity contribution in [3.63, 3.8) is 0 Å². The highest BCUT2D eigenvalue weighted by Crippen LogP contribution is 2.21. The zero-order valence-electron chi connectivity index (χ0n) is 17.5. The Morgan fingerprint density at radius 2 is 1.97 bits per heavy atom. The van der Waals surface area contributed by atoms with E-state index in [1.54, 1.807) is 21.7 Å². The summed E-state index contributed by atoms with van der Waals surface area (Å²) in [5.74, 6) is 0.462. The number of halogens is 1. The van der Waals surface area contributed by atoms with Gasteiger partial charge in [-0.05, 0) is 53.5 Å². The number of likely N-dealkylation sites (tertiary alicyclic amines) is 1. The first-order valence-electron chi connectivity index (χ1n) is 9.87. The zero-order valence-corrected chi connectivity index (χ0v) is 18.3. The minimum atomic E-state index is -0.500. The first kappa shape index (κ1) is 21.4. The van der Waals surface area contributed by atoms with Crippen molar-refractivity contribution in [2.45, 2.75) is 65.1 Å². The van der Waals surface area contributed by atoms with Crippen LogP contribution in [0.3, 0.4) is 0 Å². The van der Waals surface area contributed by atoms with Gasteiger partial charge in [0, 0.05) is 36.8 Å². The van der Waals surface area contributed by atoms with Gasteiger partial charge in [0.05, 0.1) is 0 Å². The molecule has 0 saturated carbocycles. The van der Waals surface area contributed by atoms with E-state index in [2.05, 4.69) is 15.3 Å². The maximum Gasteiger partial charge on any atom is 0.410 e. The third-order valence-electron chi connectivity index (χ3n) is 4.73. The van der Waals surface area contributed by atoms with Crippen molar-refractivity contribution >= 4 is 34.7 Å². The molecule has 0 bridgehead atoms. The summed E-state index contributed by atoms with van der Waals surface area (Å²) in [5.41, 5.74) is -0.206. The maximum atomic E-state index is 12.4. The van der Waals surface area contributed by atoms with Crippen LogP contribution in [-0.2, 0) is 4.74 Å². The van der Waals surface area contributed by atoms with Crippen molar-refractivity contribution in [2.24, 2.45) is 0 Å². The number of rotatable bonds is 3. The molecule has 29 heavy (non-hydrogen) atoms. The number of carbonyl (C=O) groups is 1. The van der Waals surface area contributed by atoms with Gasteiger partial charge >= 0.3 is 6.09 Å². The fraction of sp³-hybridized carbons (Fsp3) is 0.600. The molecule has 0 unspecified atom stereocenters. The SMILES string of the molecule is CC(C)n1c(=O)c(Cl)cc2cnc(NC3CCN(C(=O)OC(C)(C)C)CC3)nc21. The Bertz CT molecular complexity index is 959. The predicted octanol–water partition coefficient (Wildman–Crippen LogP) is 3.84. The lowest BCUT2D eigenvalue weighted by molar-refractivity contribution is 0.0210. The van der Waals surface area contributed by atoms with E-state index in [-0.39, 0.29) is 28.8 Å². The van der Waals surface area contributed by atoms with Gasteiger partial charge in [-0.1, -0.05) is 11.6 Å². The van der Waals surface area contributed by atoms with Crippen molar-refractivity contribution < 1.29 is 9.53 Å². The number of amides is 1. The predicted molar refractivity (Wildman–Crippen MR) is 114 cm³/mol. The summed E-state index contributed by atoms with van der Waals surface area (Å²) in [4.78, 5) is 35.3. The Kier molecular flexibility index (Phi) is 6.03. The van der Waals surface area contributed by atoms with Gasteiger partial charge in [0.1, 0.15) is 16.3 Å². The number of hydrogen-bond acceptors (Lipinski definition) is 6. The minimum absolute atomic E-state index is 0.0801. The number of nitrogens with one attached hydrogen (secondary N) is 1. The molecule has 1 aliphatic heterocycles. The third kappa shape index (κ3) is 4.98. The molecule has 0 spiro atoms. The van der Waals surface area contributed by atoms with E-state index in [0.29, 0.717) is 30.1 Å². The van der Waals surface area contributed by atoms with Gasteiger partial charge in [-0.3, -0.25) is 9.36 Å². The molecule has 0 atom stereocenters. The number of piperidine rings is 1. The van der Waals surface area contributed by atoms with E-state index in [0.717, 1.165) is 12.8 Å². The number of fused-ring (bicyclic) bond motifs is 1. The summed E-state index contributed by atoms with van der Waals surface area (Å²) in [6.07, 6.45) is 2.91. The van der Waals surface area contributed by atoms with Crippen molar-refractivity contribution in [1.29, 1.82) is 0 Å². The Labute approximate surface area is 175 Å². The summed E-state index contributed by atoms with van der Waals surface area (Å²) < 4.78 is 7.01. The van der Waals surface area contributed by atoms with Gasteiger partial charge in [0.15, 0.2) is 0 Å². The van der Waals surface area contributed by atoms with Crippen LogP contribution < -0.4 is 10.9 Å². The summed E-state index contributed by atoms with van der Waals surface area (Å²) in [6.45, 7) is 10.6. The summed E-state index contributed by atoms with van der Waals surface area (Å²) in [5, 5.41) is 4.21. The molecule has 3 heterocycles. The first-order valence-corrected chi connectivity index (χ1v) is 10.2. The first-order chi connectivity index (χ1) is 13.5. The van der Waals surface area contributed by atoms with Crippen LogP contribution in [0.25, 0.3) is 11.0 Å². The van der Waals surface area contributed by atoms with Crippen LogP contribution in [-0.4, -0.2) is 50.3 Å². The summed E-state index contributed by atoms with van der Waals surface area (Å²) >= 11 is 6.06. The van der Waals surface area contributed by atoms with Gasteiger partial charge in [-0.25, -0.2) is 9.78 Å². The number of nitrogens with zero attached hydrogens (tertiary/aromatic N) is 4. The van der Waals surface area contributed by atoms with Crippen molar-refractivity contribution in [3.8, 4) is 0 Å². The molecule has 3 rings (SSSR count). The maximum absolute atomic E-state index is 12.4. The van der Waals surface area contributed by atoms with Gasteiger partial charge in [-0.2, -0.15) is 4.98 Å². The van der Waals surface area contributed by atoms with Gasteiger partial charge < -0.3 is 15.0 Å². The third-order valence-corrected chi connectivity index (χ3v) is 5.00. The smallest absolute Gasteiger partial charge is 0.410 e. The number of hydrogen-bond donors (Lipinski definition) is 1. The van der Waals surface area contributed by atoms with Crippen molar-refractivity contribution in [3.05, 3.63) is 27.6 Å². The summed E-state index contributed by atoms with van der Waals surface area (Å²) in [6, 6.07) is 1.66. The number of anilines is 1. The van der Waals surface area contributed by atoms with Gasteiger partial charge in [0.2, 0.25) is 5.95 Å². The van der Waals surface area contributed by atoms with Crippen LogP contribution in [0.2, 0.25) is 5.02 Å². The fourth-order valence-corrected chi connectivity index (χ4v) is 3.56. The Morgan fingerprint density at radius 1 is 1.31 bits per heavy atom. The quantitative estimate of drug-likeness (QED) is 0.809. The monoisotopic (exact) mass is 421 g/mol. The molecule has 1 fully saturated rings. The Morgan fingerprint density at radius 3 is 2.55 bits per heavy atom. The number of aromatic nitrogens is 3. The molecule has 1 saturated heterocycles. The highest BCUT2D eigenvalue weighted by atomic mass is 35.5. The van der Waals surface area contributed by atoms with E-state index in [1.807, 2.05) is 34.6 Å². The van der Waals surface area contributed by atoms with Crippen molar-refractivity contribution in [1.82, 2.24) is 19.4 Å². The van der Waals surface area contributed by atoms with Crippen LogP contribution in [0.1, 0.15) is 53.5 Å². The van der Waals surface area contributed by atoms with E-state index in [9.17, 15) is 9.59 Å². The molecule has 2 aromatic heterocycles. The molecule has 1 N–H and O–H groups in total. The van der Waals surface area contributed by atoms with Crippen LogP contribution in [0.5, 0.6) is 0 Å². The van der Waals surface area contributed by atoms with Crippen LogP contribution in [0.4, 0.5) is 10.7 Å². The Hall–Kier alpha value is -2.35. The Balaban J connectivity index is 1.72. The second-order valence-corrected chi connectivity index (χ2v) is 9.03. The zero-order chi connectivity index (χ0) is 21.3. The molecule has 1 amide bonds. The highest BCUT2D eigenvalue weighted by molar-refractivity contribution is 6.31. The second-order valence-electron chi connectivity index (χ2n) is 8.62. The topological polar surface area (TPSA) is 89.4 Å². The number of carbonyl (C=O) groups excluding carboxylic acids is 1. The minimum Gasteiger partial charge on any atom is -0.444 e. The van der Waals surface area contributed by atoms with E-state index in [4.69, 9.17) is 16.3 Å². The lowest BCUT2D eigenvalue weighted by atomic mass is 10.1.